The van der Waals surface area contributed by atoms with Crippen LogP contribution in [0.4, 0.5) is 0 Å². The fourth-order valence-electron chi connectivity index (χ4n) is 2.53. The first-order valence-corrected chi connectivity index (χ1v) is 7.79. The molecule has 1 aliphatic heterocycles. The van der Waals surface area contributed by atoms with Crippen LogP contribution in [0, 0.1) is 0 Å². The molecule has 0 radical (unpaired) electrons. The van der Waals surface area contributed by atoms with Crippen LogP contribution in [0.5, 0.6) is 5.75 Å². The Hall–Kier alpha value is -1.55. The number of carbonyl (C=O) groups is 1. The fourth-order valence-corrected chi connectivity index (χ4v) is 2.53. The molecular formula is C17H25NO3. The lowest BCUT2D eigenvalue weighted by Gasteiger charge is -2.10. The highest BCUT2D eigenvalue weighted by molar-refractivity contribution is 5.75. The number of hydrogen-bond acceptors (Lipinski definition) is 3. The molecule has 0 aromatic heterocycles. The van der Waals surface area contributed by atoms with E-state index in [0.717, 1.165) is 44.5 Å². The van der Waals surface area contributed by atoms with Crippen molar-refractivity contribution in [3.8, 4) is 5.75 Å². The molecule has 4 heteroatoms. The van der Waals surface area contributed by atoms with E-state index in [0.29, 0.717) is 13.0 Å². The molecular weight excluding hydrogens is 266 g/mol. The van der Waals surface area contributed by atoms with Gasteiger partial charge in [0, 0.05) is 19.6 Å². The number of benzene rings is 1. The van der Waals surface area contributed by atoms with Gasteiger partial charge in [-0.3, -0.25) is 4.79 Å². The van der Waals surface area contributed by atoms with Gasteiger partial charge in [0.2, 0.25) is 5.91 Å². The maximum absolute atomic E-state index is 11.7. The number of ether oxygens (including phenoxy) is 2. The third-order valence-electron chi connectivity index (χ3n) is 3.83. The normalized spacial score (nSPS) is 17.7. The number of amides is 1. The molecule has 1 aromatic carbocycles. The van der Waals surface area contributed by atoms with Crippen LogP contribution in [0.25, 0.3) is 0 Å². The average molecular weight is 291 g/mol. The number of methoxy groups -OCH3 is 1. The van der Waals surface area contributed by atoms with E-state index >= 15 is 0 Å². The fraction of sp³-hybridized carbons (Fsp3) is 0.588. The van der Waals surface area contributed by atoms with E-state index < -0.39 is 0 Å². The minimum Gasteiger partial charge on any atom is -0.497 e. The third-order valence-corrected chi connectivity index (χ3v) is 3.83. The molecule has 1 saturated heterocycles. The molecule has 4 nitrogen and oxygen atoms in total. The summed E-state index contributed by atoms with van der Waals surface area (Å²) in [5, 5.41) is 2.96. The van der Waals surface area contributed by atoms with Gasteiger partial charge < -0.3 is 14.8 Å². The zero-order chi connectivity index (χ0) is 14.9. The van der Waals surface area contributed by atoms with E-state index in [1.54, 1.807) is 7.11 Å². The monoisotopic (exact) mass is 291 g/mol. The number of hydrogen-bond donors (Lipinski definition) is 1. The lowest BCUT2D eigenvalue weighted by Crippen LogP contribution is -2.31. The van der Waals surface area contributed by atoms with Crippen LogP contribution < -0.4 is 10.1 Å². The summed E-state index contributed by atoms with van der Waals surface area (Å²) in [5.74, 6) is 1.02. The maximum Gasteiger partial charge on any atom is 0.220 e. The van der Waals surface area contributed by atoms with Gasteiger partial charge >= 0.3 is 0 Å². The minimum atomic E-state index is 0.139. The van der Waals surface area contributed by atoms with Crippen molar-refractivity contribution in [1.82, 2.24) is 5.32 Å². The minimum absolute atomic E-state index is 0.139. The number of aryl methyl sites for hydroxylation is 1. The molecule has 1 amide bonds. The van der Waals surface area contributed by atoms with E-state index in [1.165, 1.54) is 5.56 Å². The van der Waals surface area contributed by atoms with Crippen molar-refractivity contribution in [2.75, 3.05) is 20.3 Å². The Morgan fingerprint density at radius 1 is 1.33 bits per heavy atom. The highest BCUT2D eigenvalue weighted by atomic mass is 16.5. The molecule has 1 N–H and O–H groups in total. The third kappa shape index (κ3) is 5.76. The number of unbranched alkanes of at least 4 members (excludes halogenated alkanes) is 1. The largest absolute Gasteiger partial charge is 0.497 e. The first kappa shape index (κ1) is 15.8. The summed E-state index contributed by atoms with van der Waals surface area (Å²) in [7, 11) is 1.67. The molecule has 1 fully saturated rings. The van der Waals surface area contributed by atoms with Gasteiger partial charge in [-0.15, -0.1) is 0 Å². The molecule has 0 aliphatic carbocycles. The average Bonchev–Trinajstić information content (AvgIpc) is 3.03. The van der Waals surface area contributed by atoms with Crippen LogP contribution in [0.1, 0.15) is 37.7 Å². The molecule has 0 bridgehead atoms. The van der Waals surface area contributed by atoms with Crippen LogP contribution >= 0.6 is 0 Å². The molecule has 1 unspecified atom stereocenters. The summed E-state index contributed by atoms with van der Waals surface area (Å²) in [4.78, 5) is 11.7. The van der Waals surface area contributed by atoms with Crippen molar-refractivity contribution < 1.29 is 14.3 Å². The van der Waals surface area contributed by atoms with Gasteiger partial charge in [0.05, 0.1) is 13.2 Å². The zero-order valence-electron chi connectivity index (χ0n) is 12.8. The van der Waals surface area contributed by atoms with Crippen molar-refractivity contribution in [3.63, 3.8) is 0 Å². The Morgan fingerprint density at radius 3 is 2.81 bits per heavy atom. The standard InChI is InChI=1S/C17H25NO3/c1-20-15-10-8-14(9-11-15)5-2-3-7-17(19)18-13-16-6-4-12-21-16/h8-11,16H,2-7,12-13H2,1H3,(H,18,19). The Labute approximate surface area is 126 Å². The molecule has 0 spiro atoms. The zero-order valence-corrected chi connectivity index (χ0v) is 12.8. The molecule has 1 atom stereocenters. The van der Waals surface area contributed by atoms with Gasteiger partial charge in [-0.2, -0.15) is 0 Å². The van der Waals surface area contributed by atoms with Gasteiger partial charge in [0.15, 0.2) is 0 Å². The molecule has 21 heavy (non-hydrogen) atoms. The smallest absolute Gasteiger partial charge is 0.220 e. The summed E-state index contributed by atoms with van der Waals surface area (Å²) in [6, 6.07) is 8.11. The van der Waals surface area contributed by atoms with Crippen LogP contribution in [0.3, 0.4) is 0 Å². The van der Waals surface area contributed by atoms with E-state index in [4.69, 9.17) is 9.47 Å². The topological polar surface area (TPSA) is 47.6 Å². The first-order valence-electron chi connectivity index (χ1n) is 7.79. The summed E-state index contributed by atoms with van der Waals surface area (Å²) in [6.07, 6.45) is 5.96. The van der Waals surface area contributed by atoms with Crippen LogP contribution in [0.15, 0.2) is 24.3 Å². The van der Waals surface area contributed by atoms with Crippen molar-refractivity contribution >= 4 is 5.91 Å². The Balaban J connectivity index is 1.54. The number of rotatable bonds is 8. The summed E-state index contributed by atoms with van der Waals surface area (Å²) in [6.45, 7) is 1.50. The van der Waals surface area contributed by atoms with Crippen molar-refractivity contribution in [2.45, 2.75) is 44.6 Å². The van der Waals surface area contributed by atoms with Crippen LogP contribution in [-0.2, 0) is 16.0 Å². The Bertz CT molecular complexity index is 424. The van der Waals surface area contributed by atoms with Gasteiger partial charge in [-0.25, -0.2) is 0 Å². The van der Waals surface area contributed by atoms with Crippen molar-refractivity contribution in [1.29, 1.82) is 0 Å². The summed E-state index contributed by atoms with van der Waals surface area (Å²) in [5.41, 5.74) is 1.29. The maximum atomic E-state index is 11.7. The molecule has 1 heterocycles. The van der Waals surface area contributed by atoms with Crippen molar-refractivity contribution in [2.24, 2.45) is 0 Å². The predicted octanol–water partition coefficient (Wildman–Crippen LogP) is 2.70. The SMILES string of the molecule is COc1ccc(CCCCC(=O)NCC2CCCO2)cc1. The molecule has 1 aliphatic rings. The highest BCUT2D eigenvalue weighted by Gasteiger charge is 2.15. The number of nitrogens with one attached hydrogen (secondary N) is 1. The second kappa shape index (κ2) is 8.67. The molecule has 1 aromatic rings. The van der Waals surface area contributed by atoms with E-state index in [9.17, 15) is 4.79 Å². The quantitative estimate of drug-likeness (QED) is 0.749. The van der Waals surface area contributed by atoms with E-state index in [2.05, 4.69) is 17.4 Å². The second-order valence-corrected chi connectivity index (χ2v) is 5.49. The van der Waals surface area contributed by atoms with E-state index in [1.807, 2.05) is 12.1 Å². The summed E-state index contributed by atoms with van der Waals surface area (Å²) >= 11 is 0. The molecule has 116 valence electrons. The van der Waals surface area contributed by atoms with E-state index in [-0.39, 0.29) is 12.0 Å². The second-order valence-electron chi connectivity index (χ2n) is 5.49. The van der Waals surface area contributed by atoms with Gasteiger partial charge in [-0.05, 0) is 49.8 Å². The lowest BCUT2D eigenvalue weighted by molar-refractivity contribution is -0.121. The number of carbonyl (C=O) groups excluding carboxylic acids is 1. The molecule has 2 rings (SSSR count). The highest BCUT2D eigenvalue weighted by Crippen LogP contribution is 2.14. The molecule has 0 saturated carbocycles. The van der Waals surface area contributed by atoms with Crippen LogP contribution in [0.2, 0.25) is 0 Å². The van der Waals surface area contributed by atoms with Gasteiger partial charge in [0.25, 0.3) is 0 Å². The summed E-state index contributed by atoms with van der Waals surface area (Å²) < 4.78 is 10.6. The van der Waals surface area contributed by atoms with Gasteiger partial charge in [0.1, 0.15) is 5.75 Å². The lowest BCUT2D eigenvalue weighted by atomic mass is 10.1. The predicted molar refractivity (Wildman–Crippen MR) is 82.5 cm³/mol. The van der Waals surface area contributed by atoms with Crippen LogP contribution in [-0.4, -0.2) is 32.3 Å². The van der Waals surface area contributed by atoms with Crippen molar-refractivity contribution in [3.05, 3.63) is 29.8 Å². The Kier molecular flexibility index (Phi) is 6.54. The first-order chi connectivity index (χ1) is 10.3. The van der Waals surface area contributed by atoms with Gasteiger partial charge in [-0.1, -0.05) is 12.1 Å². The Morgan fingerprint density at radius 2 is 2.14 bits per heavy atom.